The van der Waals surface area contributed by atoms with Gasteiger partial charge in [0.05, 0.1) is 4.92 Å². The first kappa shape index (κ1) is 16.5. The van der Waals surface area contributed by atoms with Crippen LogP contribution in [0.4, 0.5) is 17.3 Å². The van der Waals surface area contributed by atoms with E-state index in [1.165, 1.54) is 19.2 Å². The minimum absolute atomic E-state index is 0.0444. The molecular formula is C15H25N5O2. The molecule has 0 N–H and O–H groups in total. The second-order valence-corrected chi connectivity index (χ2v) is 5.80. The number of nitrogens with zero attached hydrogens (tertiary/aromatic N) is 5. The average molecular weight is 307 g/mol. The van der Waals surface area contributed by atoms with Gasteiger partial charge in [0.1, 0.15) is 6.33 Å². The van der Waals surface area contributed by atoms with Gasteiger partial charge >= 0.3 is 5.69 Å². The van der Waals surface area contributed by atoms with Crippen LogP contribution in [0.5, 0.6) is 0 Å². The molecule has 0 amide bonds. The molecule has 0 aliphatic carbocycles. The second kappa shape index (κ2) is 7.91. The number of aromatic nitrogens is 2. The van der Waals surface area contributed by atoms with E-state index in [0.29, 0.717) is 11.6 Å². The Morgan fingerprint density at radius 1 is 1.27 bits per heavy atom. The van der Waals surface area contributed by atoms with Gasteiger partial charge in [-0.1, -0.05) is 26.2 Å². The lowest BCUT2D eigenvalue weighted by Gasteiger charge is -2.23. The van der Waals surface area contributed by atoms with Gasteiger partial charge in [0.2, 0.25) is 11.6 Å². The smallest absolute Gasteiger partial charge is 0.353 e. The monoisotopic (exact) mass is 307 g/mol. The molecule has 0 radical (unpaired) electrons. The molecule has 1 aromatic heterocycles. The number of hydrogen-bond acceptors (Lipinski definition) is 6. The number of anilines is 2. The summed E-state index contributed by atoms with van der Waals surface area (Å²) >= 11 is 0. The predicted molar refractivity (Wildman–Crippen MR) is 87.5 cm³/mol. The second-order valence-electron chi connectivity index (χ2n) is 5.80. The Morgan fingerprint density at radius 2 is 1.95 bits per heavy atom. The molecule has 22 heavy (non-hydrogen) atoms. The molecule has 0 aromatic carbocycles. The van der Waals surface area contributed by atoms with Crippen molar-refractivity contribution in [3.8, 4) is 0 Å². The summed E-state index contributed by atoms with van der Waals surface area (Å²) in [5.41, 5.74) is 0.0444. The Bertz CT molecular complexity index is 501. The van der Waals surface area contributed by atoms with Gasteiger partial charge < -0.3 is 9.80 Å². The van der Waals surface area contributed by atoms with Crippen LogP contribution in [-0.2, 0) is 0 Å². The summed E-state index contributed by atoms with van der Waals surface area (Å²) in [6.45, 7) is 4.52. The summed E-state index contributed by atoms with van der Waals surface area (Å²) < 4.78 is 0. The average Bonchev–Trinajstić information content (AvgIpc) is 2.80. The van der Waals surface area contributed by atoms with Gasteiger partial charge in [-0.2, -0.15) is 0 Å². The van der Waals surface area contributed by atoms with E-state index in [2.05, 4.69) is 16.9 Å². The molecule has 0 bridgehead atoms. The van der Waals surface area contributed by atoms with E-state index in [9.17, 15) is 10.1 Å². The molecule has 1 saturated heterocycles. The minimum Gasteiger partial charge on any atom is -0.354 e. The van der Waals surface area contributed by atoms with E-state index in [1.807, 2.05) is 16.8 Å². The van der Waals surface area contributed by atoms with Crippen molar-refractivity contribution < 1.29 is 4.92 Å². The molecule has 0 spiro atoms. The maximum absolute atomic E-state index is 11.6. The minimum atomic E-state index is -0.335. The van der Waals surface area contributed by atoms with Crippen LogP contribution < -0.4 is 9.80 Å². The Hall–Kier alpha value is -1.92. The lowest BCUT2D eigenvalue weighted by Crippen LogP contribution is -2.28. The zero-order valence-corrected chi connectivity index (χ0v) is 13.5. The molecule has 0 unspecified atom stereocenters. The quantitative estimate of drug-likeness (QED) is 0.594. The van der Waals surface area contributed by atoms with Crippen LogP contribution in [-0.4, -0.2) is 41.6 Å². The van der Waals surface area contributed by atoms with Crippen molar-refractivity contribution in [3.05, 3.63) is 16.4 Å². The Morgan fingerprint density at radius 3 is 2.55 bits per heavy atom. The Labute approximate surface area is 131 Å². The van der Waals surface area contributed by atoms with E-state index in [4.69, 9.17) is 0 Å². The zero-order chi connectivity index (χ0) is 15.9. The largest absolute Gasteiger partial charge is 0.354 e. The van der Waals surface area contributed by atoms with E-state index in [1.54, 1.807) is 0 Å². The van der Waals surface area contributed by atoms with Crippen molar-refractivity contribution >= 4 is 17.3 Å². The summed E-state index contributed by atoms with van der Waals surface area (Å²) in [7, 11) is 1.86. The van der Waals surface area contributed by atoms with Crippen LogP contribution in [0.25, 0.3) is 0 Å². The molecule has 7 heteroatoms. The van der Waals surface area contributed by atoms with Crippen molar-refractivity contribution in [2.24, 2.45) is 0 Å². The molecule has 1 fully saturated rings. The topological polar surface area (TPSA) is 75.4 Å². The number of hydrogen-bond donors (Lipinski definition) is 0. The molecule has 1 aliphatic rings. The highest BCUT2D eigenvalue weighted by molar-refractivity contribution is 5.71. The van der Waals surface area contributed by atoms with E-state index in [0.717, 1.165) is 45.3 Å². The normalized spacial score (nSPS) is 15.5. The molecule has 2 rings (SSSR count). The first-order valence-electron chi connectivity index (χ1n) is 8.10. The number of nitro groups is 1. The predicted octanol–water partition coefficient (Wildman–Crippen LogP) is 3.00. The maximum atomic E-state index is 11.6. The lowest BCUT2D eigenvalue weighted by atomic mass is 10.2. The molecule has 122 valence electrons. The number of rotatable bonds is 6. The first-order valence-corrected chi connectivity index (χ1v) is 8.10. The Kier molecular flexibility index (Phi) is 5.91. The van der Waals surface area contributed by atoms with Crippen molar-refractivity contribution in [1.29, 1.82) is 0 Å². The summed E-state index contributed by atoms with van der Waals surface area (Å²) in [5.74, 6) is 0.896. The molecule has 7 nitrogen and oxygen atoms in total. The molecular weight excluding hydrogens is 282 g/mol. The lowest BCUT2D eigenvalue weighted by molar-refractivity contribution is -0.383. The van der Waals surface area contributed by atoms with Gasteiger partial charge in [0, 0.05) is 26.7 Å². The van der Waals surface area contributed by atoms with Crippen molar-refractivity contribution in [2.45, 2.75) is 45.4 Å². The fourth-order valence-corrected chi connectivity index (χ4v) is 2.82. The summed E-state index contributed by atoms with van der Waals surface area (Å²) in [6.07, 6.45) is 7.95. The van der Waals surface area contributed by atoms with Gasteiger partial charge in [0.25, 0.3) is 0 Å². The molecule has 1 aromatic rings. The van der Waals surface area contributed by atoms with Crippen LogP contribution in [0.3, 0.4) is 0 Å². The molecule has 1 aliphatic heterocycles. The molecule has 0 saturated carbocycles. The van der Waals surface area contributed by atoms with Gasteiger partial charge in [0.15, 0.2) is 0 Å². The van der Waals surface area contributed by atoms with E-state index in [-0.39, 0.29) is 10.6 Å². The third-order valence-corrected chi connectivity index (χ3v) is 4.08. The fourth-order valence-electron chi connectivity index (χ4n) is 2.82. The van der Waals surface area contributed by atoms with Gasteiger partial charge in [-0.25, -0.2) is 9.97 Å². The summed E-state index contributed by atoms with van der Waals surface area (Å²) in [4.78, 5) is 23.6. The molecule has 2 heterocycles. The highest BCUT2D eigenvalue weighted by atomic mass is 16.6. The first-order chi connectivity index (χ1) is 10.6. The van der Waals surface area contributed by atoms with Crippen molar-refractivity contribution in [1.82, 2.24) is 9.97 Å². The van der Waals surface area contributed by atoms with Crippen LogP contribution in [0.2, 0.25) is 0 Å². The fraction of sp³-hybridized carbons (Fsp3) is 0.733. The summed E-state index contributed by atoms with van der Waals surface area (Å²) in [5, 5.41) is 11.6. The zero-order valence-electron chi connectivity index (χ0n) is 13.5. The van der Waals surface area contributed by atoms with Crippen LogP contribution in [0.1, 0.15) is 45.4 Å². The van der Waals surface area contributed by atoms with E-state index < -0.39 is 0 Å². The SMILES string of the molecule is CCCCN(C)c1ncnc(N2CCCCCC2)c1[N+](=O)[O-]. The maximum Gasteiger partial charge on any atom is 0.353 e. The van der Waals surface area contributed by atoms with Gasteiger partial charge in [-0.05, 0) is 19.3 Å². The number of unbranched alkanes of at least 4 members (excludes halogenated alkanes) is 1. The van der Waals surface area contributed by atoms with Crippen molar-refractivity contribution in [2.75, 3.05) is 36.5 Å². The molecule has 0 atom stereocenters. The van der Waals surface area contributed by atoms with Gasteiger partial charge in [-0.15, -0.1) is 0 Å². The summed E-state index contributed by atoms with van der Waals surface area (Å²) in [6, 6.07) is 0. The van der Waals surface area contributed by atoms with Crippen molar-refractivity contribution in [3.63, 3.8) is 0 Å². The standard InChI is InChI=1S/C15H25N5O2/c1-3-4-9-18(2)14-13(20(21)22)15(17-12-16-14)19-10-7-5-6-8-11-19/h12H,3-11H2,1-2H3. The van der Waals surface area contributed by atoms with Crippen LogP contribution >= 0.6 is 0 Å². The van der Waals surface area contributed by atoms with Crippen LogP contribution in [0.15, 0.2) is 6.33 Å². The Balaban J connectivity index is 2.34. The third kappa shape index (κ3) is 3.84. The van der Waals surface area contributed by atoms with Gasteiger partial charge in [-0.3, -0.25) is 10.1 Å². The van der Waals surface area contributed by atoms with Crippen LogP contribution in [0, 0.1) is 10.1 Å². The highest BCUT2D eigenvalue weighted by Crippen LogP contribution is 2.34. The third-order valence-electron chi connectivity index (χ3n) is 4.08. The highest BCUT2D eigenvalue weighted by Gasteiger charge is 2.29. The van der Waals surface area contributed by atoms with E-state index >= 15 is 0 Å².